The number of anilines is 1. The largest absolute Gasteiger partial charge is 0.266 e. The highest BCUT2D eigenvalue weighted by Crippen LogP contribution is 2.34. The number of hydrogen-bond acceptors (Lipinski definition) is 3. The van der Waals surface area contributed by atoms with Crippen LogP contribution in [0.15, 0.2) is 40.6 Å². The summed E-state index contributed by atoms with van der Waals surface area (Å²) in [6.07, 6.45) is 1.77. The van der Waals surface area contributed by atoms with Crippen LogP contribution in [0.5, 0.6) is 0 Å². The molecule has 3 nitrogen and oxygen atoms in total. The van der Waals surface area contributed by atoms with Gasteiger partial charge in [0.2, 0.25) is 0 Å². The van der Waals surface area contributed by atoms with E-state index in [4.69, 9.17) is 11.6 Å². The van der Waals surface area contributed by atoms with Gasteiger partial charge in [-0.1, -0.05) is 18.2 Å². The number of alkyl halides is 1. The highest BCUT2D eigenvalue weighted by molar-refractivity contribution is 7.93. The van der Waals surface area contributed by atoms with Crippen molar-refractivity contribution in [2.45, 2.75) is 23.6 Å². The molecule has 0 radical (unpaired) electrons. The Hall–Kier alpha value is -1.04. The van der Waals surface area contributed by atoms with Crippen molar-refractivity contribution in [3.63, 3.8) is 0 Å². The van der Waals surface area contributed by atoms with Gasteiger partial charge in [0.25, 0.3) is 10.0 Å². The summed E-state index contributed by atoms with van der Waals surface area (Å²) in [7, 11) is -3.52. The molecule has 0 fully saturated rings. The van der Waals surface area contributed by atoms with Gasteiger partial charge in [0.05, 0.1) is 11.6 Å². The summed E-state index contributed by atoms with van der Waals surface area (Å²) in [5, 5.41) is 1.78. The topological polar surface area (TPSA) is 37.4 Å². The minimum atomic E-state index is -3.52. The van der Waals surface area contributed by atoms with Crippen LogP contribution in [0.1, 0.15) is 16.9 Å². The average Bonchev–Trinajstić information content (AvgIpc) is 2.96. The summed E-state index contributed by atoms with van der Waals surface area (Å²) in [6, 6.07) is 9.34. The molecule has 3 rings (SSSR count). The zero-order chi connectivity index (χ0) is 14.2. The van der Waals surface area contributed by atoms with Crippen molar-refractivity contribution >= 4 is 38.6 Å². The maximum Gasteiger partial charge on any atom is 0.265 e. The van der Waals surface area contributed by atoms with Gasteiger partial charge in [-0.3, -0.25) is 4.31 Å². The molecule has 0 amide bonds. The summed E-state index contributed by atoms with van der Waals surface area (Å²) in [6.45, 7) is 0.525. The molecule has 20 heavy (non-hydrogen) atoms. The van der Waals surface area contributed by atoms with Gasteiger partial charge in [0, 0.05) is 11.4 Å². The molecule has 0 aliphatic carbocycles. The predicted molar refractivity (Wildman–Crippen MR) is 83.2 cm³/mol. The number of thiophene rings is 1. The van der Waals surface area contributed by atoms with Crippen LogP contribution in [-0.2, 0) is 22.3 Å². The second-order valence-corrected chi connectivity index (χ2v) is 7.75. The lowest BCUT2D eigenvalue weighted by atomic mass is 10.0. The van der Waals surface area contributed by atoms with Crippen LogP contribution in [0, 0.1) is 0 Å². The number of para-hydroxylation sites is 1. The van der Waals surface area contributed by atoms with E-state index in [9.17, 15) is 8.42 Å². The van der Waals surface area contributed by atoms with Crippen LogP contribution in [0.25, 0.3) is 0 Å². The molecule has 1 aromatic heterocycles. The van der Waals surface area contributed by atoms with E-state index in [0.29, 0.717) is 16.3 Å². The fraction of sp³-hybridized carbons (Fsp3) is 0.286. The number of nitrogens with zero attached hydrogens (tertiary/aromatic N) is 1. The first-order valence-corrected chi connectivity index (χ1v) is 9.23. The molecule has 1 aliphatic rings. The summed E-state index contributed by atoms with van der Waals surface area (Å²) < 4.78 is 27.2. The Morgan fingerprint density at radius 1 is 1.25 bits per heavy atom. The molecule has 1 aromatic carbocycles. The van der Waals surface area contributed by atoms with E-state index in [1.165, 1.54) is 15.6 Å². The SMILES string of the molecule is O=S(=O)(c1ccsc1CCl)N1CCCc2ccccc21. The van der Waals surface area contributed by atoms with Crippen molar-refractivity contribution in [1.29, 1.82) is 0 Å². The number of rotatable bonds is 3. The lowest BCUT2D eigenvalue weighted by molar-refractivity contribution is 0.586. The molecule has 2 aromatic rings. The molecule has 0 saturated carbocycles. The first-order chi connectivity index (χ1) is 9.64. The Morgan fingerprint density at radius 3 is 2.85 bits per heavy atom. The normalized spacial score (nSPS) is 15.2. The standard InChI is InChI=1S/C14H14ClNO2S2/c15-10-13-14(7-9-19-13)20(17,18)16-8-3-5-11-4-1-2-6-12(11)16/h1-2,4,6-7,9H,3,5,8,10H2. The van der Waals surface area contributed by atoms with E-state index in [-0.39, 0.29) is 5.88 Å². The lowest BCUT2D eigenvalue weighted by Crippen LogP contribution is -2.35. The Labute approximate surface area is 127 Å². The fourth-order valence-corrected chi connectivity index (χ4v) is 5.74. The van der Waals surface area contributed by atoms with E-state index in [1.54, 1.807) is 11.4 Å². The molecular formula is C14H14ClNO2S2. The van der Waals surface area contributed by atoms with Crippen LogP contribution < -0.4 is 4.31 Å². The number of fused-ring (bicyclic) bond motifs is 1. The minimum absolute atomic E-state index is 0.224. The van der Waals surface area contributed by atoms with Crippen LogP contribution in [0.4, 0.5) is 5.69 Å². The highest BCUT2D eigenvalue weighted by Gasteiger charge is 2.30. The molecule has 0 atom stereocenters. The summed E-state index contributed by atoms with van der Waals surface area (Å²) >= 11 is 7.23. The number of benzene rings is 1. The molecular weight excluding hydrogens is 314 g/mol. The molecule has 1 aliphatic heterocycles. The van der Waals surface area contributed by atoms with Crippen LogP contribution in [-0.4, -0.2) is 15.0 Å². The molecule has 6 heteroatoms. The molecule has 0 bridgehead atoms. The summed E-state index contributed by atoms with van der Waals surface area (Å²) in [5.41, 5.74) is 1.88. The van der Waals surface area contributed by atoms with Crippen molar-refractivity contribution in [1.82, 2.24) is 0 Å². The van der Waals surface area contributed by atoms with Crippen LogP contribution in [0.2, 0.25) is 0 Å². The summed E-state index contributed by atoms with van der Waals surface area (Å²) in [4.78, 5) is 1.05. The maximum atomic E-state index is 12.9. The van der Waals surface area contributed by atoms with E-state index in [0.717, 1.165) is 24.1 Å². The first-order valence-electron chi connectivity index (χ1n) is 6.37. The molecule has 2 heterocycles. The Morgan fingerprint density at radius 2 is 2.05 bits per heavy atom. The first kappa shape index (κ1) is 13.9. The van der Waals surface area contributed by atoms with Crippen molar-refractivity contribution in [3.8, 4) is 0 Å². The number of halogens is 1. The Balaban J connectivity index is 2.10. The van der Waals surface area contributed by atoms with Crippen molar-refractivity contribution < 1.29 is 8.42 Å². The Bertz CT molecular complexity index is 724. The third-order valence-electron chi connectivity index (χ3n) is 3.46. The van der Waals surface area contributed by atoms with Crippen LogP contribution in [0.3, 0.4) is 0 Å². The van der Waals surface area contributed by atoms with Gasteiger partial charge < -0.3 is 0 Å². The van der Waals surface area contributed by atoms with Gasteiger partial charge in [-0.2, -0.15) is 0 Å². The van der Waals surface area contributed by atoms with Gasteiger partial charge in [0.15, 0.2) is 0 Å². The lowest BCUT2D eigenvalue weighted by Gasteiger charge is -2.30. The van der Waals surface area contributed by atoms with Gasteiger partial charge in [-0.05, 0) is 35.9 Å². The van der Waals surface area contributed by atoms with Crippen molar-refractivity contribution in [2.24, 2.45) is 0 Å². The predicted octanol–water partition coefficient (Wildman–Crippen LogP) is 3.63. The molecule has 0 spiro atoms. The fourth-order valence-electron chi connectivity index (χ4n) is 2.52. The molecule has 0 saturated heterocycles. The minimum Gasteiger partial charge on any atom is -0.266 e. The second-order valence-electron chi connectivity index (χ2n) is 4.65. The monoisotopic (exact) mass is 327 g/mol. The van der Waals surface area contributed by atoms with E-state index < -0.39 is 10.0 Å². The molecule has 0 N–H and O–H groups in total. The molecule has 106 valence electrons. The smallest absolute Gasteiger partial charge is 0.265 e. The Kier molecular flexibility index (Phi) is 3.75. The quantitative estimate of drug-likeness (QED) is 0.807. The summed E-state index contributed by atoms with van der Waals surface area (Å²) in [5.74, 6) is 0.224. The van der Waals surface area contributed by atoms with Crippen LogP contribution >= 0.6 is 22.9 Å². The van der Waals surface area contributed by atoms with E-state index >= 15 is 0 Å². The van der Waals surface area contributed by atoms with Gasteiger partial charge in [0.1, 0.15) is 4.90 Å². The van der Waals surface area contributed by atoms with Gasteiger partial charge >= 0.3 is 0 Å². The van der Waals surface area contributed by atoms with Gasteiger partial charge in [-0.15, -0.1) is 22.9 Å². The van der Waals surface area contributed by atoms with Crippen molar-refractivity contribution in [3.05, 3.63) is 46.2 Å². The van der Waals surface area contributed by atoms with Crippen molar-refractivity contribution in [2.75, 3.05) is 10.8 Å². The third kappa shape index (κ3) is 2.24. The number of aryl methyl sites for hydroxylation is 1. The number of hydrogen-bond donors (Lipinski definition) is 0. The van der Waals surface area contributed by atoms with Gasteiger partial charge in [-0.25, -0.2) is 8.42 Å². The maximum absolute atomic E-state index is 12.9. The zero-order valence-corrected chi connectivity index (χ0v) is 13.1. The average molecular weight is 328 g/mol. The number of sulfonamides is 1. The van der Waals surface area contributed by atoms with E-state index in [1.807, 2.05) is 24.3 Å². The molecule has 0 unspecified atom stereocenters. The van der Waals surface area contributed by atoms with E-state index in [2.05, 4.69) is 0 Å². The third-order valence-corrected chi connectivity index (χ3v) is 6.84. The second kappa shape index (κ2) is 5.39. The zero-order valence-electron chi connectivity index (χ0n) is 10.8. The highest BCUT2D eigenvalue weighted by atomic mass is 35.5.